The summed E-state index contributed by atoms with van der Waals surface area (Å²) < 4.78 is 0. The Morgan fingerprint density at radius 2 is 2.16 bits per heavy atom. The summed E-state index contributed by atoms with van der Waals surface area (Å²) in [7, 11) is 0. The molecule has 0 aliphatic rings. The number of amides is 1. The van der Waals surface area contributed by atoms with Gasteiger partial charge in [0, 0.05) is 5.56 Å². The van der Waals surface area contributed by atoms with Crippen LogP contribution in [-0.4, -0.2) is 23.0 Å². The van der Waals surface area contributed by atoms with Crippen molar-refractivity contribution < 1.29 is 14.7 Å². The fraction of sp³-hybridized carbons (Fsp3) is 0.385. The van der Waals surface area contributed by atoms with Crippen LogP contribution < -0.4 is 11.1 Å². The van der Waals surface area contributed by atoms with Crippen molar-refractivity contribution in [2.45, 2.75) is 32.2 Å². The van der Waals surface area contributed by atoms with Gasteiger partial charge in [-0.25, -0.2) is 4.79 Å². The highest BCUT2D eigenvalue weighted by Gasteiger charge is 2.20. The molecule has 0 fully saturated rings. The summed E-state index contributed by atoms with van der Waals surface area (Å²) in [6.07, 6.45) is 2.01. The molecule has 0 saturated heterocycles. The molecule has 104 valence electrons. The van der Waals surface area contributed by atoms with Crippen LogP contribution in [-0.2, 0) is 4.79 Å². The predicted octanol–water partition coefficient (Wildman–Crippen LogP) is 2.30. The number of halogens is 1. The largest absolute Gasteiger partial charge is 0.480 e. The van der Waals surface area contributed by atoms with Crippen molar-refractivity contribution in [3.8, 4) is 0 Å². The number of carboxylic acids is 1. The summed E-state index contributed by atoms with van der Waals surface area (Å²) in [6, 6.07) is 3.56. The number of rotatable bonds is 6. The monoisotopic (exact) mass is 284 g/mol. The zero-order valence-electron chi connectivity index (χ0n) is 10.6. The molecule has 1 rings (SSSR count). The van der Waals surface area contributed by atoms with Gasteiger partial charge in [0.25, 0.3) is 5.91 Å². The van der Waals surface area contributed by atoms with E-state index in [0.717, 1.165) is 12.8 Å². The molecule has 1 amide bonds. The second-order valence-electron chi connectivity index (χ2n) is 4.24. The van der Waals surface area contributed by atoms with Crippen molar-refractivity contribution >= 4 is 29.2 Å². The second-order valence-corrected chi connectivity index (χ2v) is 4.65. The number of aliphatic carboxylic acids is 1. The fourth-order valence-electron chi connectivity index (χ4n) is 1.59. The van der Waals surface area contributed by atoms with Crippen LogP contribution in [0.4, 0.5) is 5.69 Å². The average Bonchev–Trinajstić information content (AvgIpc) is 2.37. The number of hydrogen-bond donors (Lipinski definition) is 3. The van der Waals surface area contributed by atoms with Crippen molar-refractivity contribution in [1.29, 1.82) is 0 Å². The van der Waals surface area contributed by atoms with E-state index in [0.29, 0.717) is 17.0 Å². The molecule has 6 heteroatoms. The highest BCUT2D eigenvalue weighted by Crippen LogP contribution is 2.19. The van der Waals surface area contributed by atoms with Crippen molar-refractivity contribution in [2.24, 2.45) is 0 Å². The van der Waals surface area contributed by atoms with Crippen LogP contribution in [0.5, 0.6) is 0 Å². The minimum absolute atomic E-state index is 0.287. The Kier molecular flexibility index (Phi) is 5.63. The van der Waals surface area contributed by atoms with Gasteiger partial charge in [-0.05, 0) is 24.6 Å². The summed E-state index contributed by atoms with van der Waals surface area (Å²) in [5.74, 6) is -1.50. The molecule has 0 aliphatic heterocycles. The average molecular weight is 285 g/mol. The maximum atomic E-state index is 11.9. The predicted molar refractivity (Wildman–Crippen MR) is 74.3 cm³/mol. The third kappa shape index (κ3) is 4.44. The molecular formula is C13H17ClN2O3. The van der Waals surface area contributed by atoms with Gasteiger partial charge in [0.1, 0.15) is 6.04 Å². The van der Waals surface area contributed by atoms with E-state index in [1.165, 1.54) is 18.2 Å². The van der Waals surface area contributed by atoms with Crippen molar-refractivity contribution in [3.63, 3.8) is 0 Å². The molecular weight excluding hydrogens is 268 g/mol. The second kappa shape index (κ2) is 6.99. The van der Waals surface area contributed by atoms with Gasteiger partial charge in [-0.3, -0.25) is 4.79 Å². The van der Waals surface area contributed by atoms with E-state index in [4.69, 9.17) is 22.4 Å². The Bertz CT molecular complexity index is 477. The third-order valence-corrected chi connectivity index (χ3v) is 3.05. The van der Waals surface area contributed by atoms with Crippen LogP contribution >= 0.6 is 11.6 Å². The first kappa shape index (κ1) is 15.3. The molecule has 0 spiro atoms. The minimum atomic E-state index is -1.04. The summed E-state index contributed by atoms with van der Waals surface area (Å²) >= 11 is 5.76. The molecule has 19 heavy (non-hydrogen) atoms. The smallest absolute Gasteiger partial charge is 0.326 e. The van der Waals surface area contributed by atoms with Gasteiger partial charge in [-0.1, -0.05) is 31.4 Å². The molecule has 0 aliphatic carbocycles. The van der Waals surface area contributed by atoms with Gasteiger partial charge in [0.2, 0.25) is 0 Å². The maximum Gasteiger partial charge on any atom is 0.326 e. The van der Waals surface area contributed by atoms with Gasteiger partial charge in [0.15, 0.2) is 0 Å². The lowest BCUT2D eigenvalue weighted by Crippen LogP contribution is -2.40. The Hall–Kier alpha value is -1.75. The first-order valence-corrected chi connectivity index (χ1v) is 6.42. The number of benzene rings is 1. The summed E-state index contributed by atoms with van der Waals surface area (Å²) in [4.78, 5) is 22.9. The lowest BCUT2D eigenvalue weighted by Gasteiger charge is -2.14. The molecule has 0 bridgehead atoms. The SMILES string of the molecule is CCCCC(NC(=O)c1ccc(Cl)c(N)c1)C(=O)O. The zero-order valence-corrected chi connectivity index (χ0v) is 11.4. The van der Waals surface area contributed by atoms with Crippen LogP contribution in [0, 0.1) is 0 Å². The van der Waals surface area contributed by atoms with Gasteiger partial charge in [-0.15, -0.1) is 0 Å². The molecule has 1 aromatic carbocycles. The van der Waals surface area contributed by atoms with Crippen molar-refractivity contribution in [1.82, 2.24) is 5.32 Å². The van der Waals surface area contributed by atoms with Crippen LogP contribution in [0.3, 0.4) is 0 Å². The van der Waals surface area contributed by atoms with Crippen LogP contribution in [0.25, 0.3) is 0 Å². The first-order valence-electron chi connectivity index (χ1n) is 6.04. The quantitative estimate of drug-likeness (QED) is 0.699. The Balaban J connectivity index is 2.75. The van der Waals surface area contributed by atoms with Gasteiger partial charge < -0.3 is 16.2 Å². The van der Waals surface area contributed by atoms with E-state index in [9.17, 15) is 9.59 Å². The highest BCUT2D eigenvalue weighted by molar-refractivity contribution is 6.33. The number of nitrogens with two attached hydrogens (primary N) is 1. The van der Waals surface area contributed by atoms with Crippen LogP contribution in [0.2, 0.25) is 5.02 Å². The van der Waals surface area contributed by atoms with Gasteiger partial charge >= 0.3 is 5.97 Å². The summed E-state index contributed by atoms with van der Waals surface area (Å²) in [5.41, 5.74) is 6.18. The standard InChI is InChI=1S/C13H17ClN2O3/c1-2-3-4-11(13(18)19)16-12(17)8-5-6-9(14)10(15)7-8/h5-7,11H,2-4,15H2,1H3,(H,16,17)(H,18,19). The Morgan fingerprint density at radius 3 is 2.68 bits per heavy atom. The third-order valence-electron chi connectivity index (χ3n) is 2.71. The number of carbonyl (C=O) groups excluding carboxylic acids is 1. The normalized spacial score (nSPS) is 11.9. The molecule has 0 heterocycles. The van der Waals surface area contributed by atoms with Gasteiger partial charge in [0.05, 0.1) is 10.7 Å². The van der Waals surface area contributed by atoms with E-state index >= 15 is 0 Å². The lowest BCUT2D eigenvalue weighted by molar-refractivity contribution is -0.139. The molecule has 0 aromatic heterocycles. The van der Waals surface area contributed by atoms with Crippen LogP contribution in [0.1, 0.15) is 36.5 Å². The number of carbonyl (C=O) groups is 2. The van der Waals surface area contributed by atoms with E-state index in [1.54, 1.807) is 0 Å². The molecule has 0 radical (unpaired) electrons. The molecule has 4 N–H and O–H groups in total. The number of hydrogen-bond acceptors (Lipinski definition) is 3. The summed E-state index contributed by atoms with van der Waals surface area (Å²) in [5, 5.41) is 11.9. The van der Waals surface area contributed by atoms with Crippen LogP contribution in [0.15, 0.2) is 18.2 Å². The van der Waals surface area contributed by atoms with Crippen molar-refractivity contribution in [3.05, 3.63) is 28.8 Å². The van der Waals surface area contributed by atoms with E-state index in [-0.39, 0.29) is 5.69 Å². The zero-order chi connectivity index (χ0) is 14.4. The first-order chi connectivity index (χ1) is 8.95. The number of anilines is 1. The molecule has 1 aromatic rings. The molecule has 0 saturated carbocycles. The van der Waals surface area contributed by atoms with E-state index < -0.39 is 17.9 Å². The molecule has 5 nitrogen and oxygen atoms in total. The van der Waals surface area contributed by atoms with Gasteiger partial charge in [-0.2, -0.15) is 0 Å². The fourth-order valence-corrected chi connectivity index (χ4v) is 1.71. The number of unbranched alkanes of at least 4 members (excludes halogenated alkanes) is 1. The number of carboxylic acid groups (broad SMARTS) is 1. The molecule has 1 unspecified atom stereocenters. The Morgan fingerprint density at radius 1 is 1.47 bits per heavy atom. The lowest BCUT2D eigenvalue weighted by atomic mass is 10.1. The summed E-state index contributed by atoms with van der Waals surface area (Å²) in [6.45, 7) is 1.96. The van der Waals surface area contributed by atoms with Crippen molar-refractivity contribution in [2.75, 3.05) is 5.73 Å². The Labute approximate surface area is 116 Å². The van der Waals surface area contributed by atoms with E-state index in [2.05, 4.69) is 5.32 Å². The highest BCUT2D eigenvalue weighted by atomic mass is 35.5. The minimum Gasteiger partial charge on any atom is -0.480 e. The maximum absolute atomic E-state index is 11.9. The molecule has 1 atom stereocenters. The number of nitrogen functional groups attached to an aromatic ring is 1. The number of nitrogens with one attached hydrogen (secondary N) is 1. The topological polar surface area (TPSA) is 92.4 Å². The van der Waals surface area contributed by atoms with E-state index in [1.807, 2.05) is 6.92 Å².